The standard InChI is InChI=1S/C19H22N4O4/c1-24-13-7-5-6-11(8-13)16(20)19-21-18(22-23-19)12-9-14(25-2)17(27-4)15(10-12)26-3/h5-10,16H,20H2,1-4H3,(H,21,22,23)/t16-/m0/s1. The largest absolute Gasteiger partial charge is 0.497 e. The van der Waals surface area contributed by atoms with Gasteiger partial charge in [-0.3, -0.25) is 5.10 Å². The van der Waals surface area contributed by atoms with Crippen LogP contribution in [0.4, 0.5) is 0 Å². The molecule has 1 heterocycles. The normalized spacial score (nSPS) is 11.7. The molecule has 0 unspecified atom stereocenters. The van der Waals surface area contributed by atoms with Crippen LogP contribution in [0.2, 0.25) is 0 Å². The number of benzene rings is 2. The van der Waals surface area contributed by atoms with Crippen LogP contribution < -0.4 is 24.7 Å². The van der Waals surface area contributed by atoms with E-state index in [2.05, 4.69) is 15.2 Å². The van der Waals surface area contributed by atoms with Crippen LogP contribution in [-0.2, 0) is 0 Å². The fourth-order valence-corrected chi connectivity index (χ4v) is 2.75. The molecule has 1 aromatic heterocycles. The number of methoxy groups -OCH3 is 4. The first kappa shape index (κ1) is 18.5. The molecule has 27 heavy (non-hydrogen) atoms. The molecule has 0 bridgehead atoms. The van der Waals surface area contributed by atoms with Crippen molar-refractivity contribution in [1.29, 1.82) is 0 Å². The predicted molar refractivity (Wildman–Crippen MR) is 100 cm³/mol. The van der Waals surface area contributed by atoms with E-state index < -0.39 is 6.04 Å². The van der Waals surface area contributed by atoms with Gasteiger partial charge >= 0.3 is 0 Å². The summed E-state index contributed by atoms with van der Waals surface area (Å²) in [5.74, 6) is 3.29. The van der Waals surface area contributed by atoms with Gasteiger partial charge in [-0.15, -0.1) is 0 Å². The molecule has 0 aliphatic rings. The Balaban J connectivity index is 1.95. The summed E-state index contributed by atoms with van der Waals surface area (Å²) < 4.78 is 21.3. The molecule has 2 aromatic carbocycles. The number of aromatic nitrogens is 3. The number of aromatic amines is 1. The first-order chi connectivity index (χ1) is 13.1. The predicted octanol–water partition coefficient (Wildman–Crippen LogP) is 2.55. The van der Waals surface area contributed by atoms with Gasteiger partial charge in [-0.1, -0.05) is 12.1 Å². The molecule has 0 aliphatic carbocycles. The second-order valence-corrected chi connectivity index (χ2v) is 5.71. The lowest BCUT2D eigenvalue weighted by molar-refractivity contribution is 0.324. The highest BCUT2D eigenvalue weighted by molar-refractivity contribution is 5.66. The Labute approximate surface area is 157 Å². The summed E-state index contributed by atoms with van der Waals surface area (Å²) in [5, 5.41) is 7.19. The van der Waals surface area contributed by atoms with E-state index in [0.717, 1.165) is 11.3 Å². The van der Waals surface area contributed by atoms with Crippen LogP contribution in [0, 0.1) is 0 Å². The Morgan fingerprint density at radius 2 is 1.63 bits per heavy atom. The maximum atomic E-state index is 6.33. The molecule has 0 aliphatic heterocycles. The molecular weight excluding hydrogens is 348 g/mol. The number of H-pyrrole nitrogens is 1. The van der Waals surface area contributed by atoms with Crippen molar-refractivity contribution >= 4 is 0 Å². The van der Waals surface area contributed by atoms with Crippen molar-refractivity contribution in [3.8, 4) is 34.4 Å². The maximum Gasteiger partial charge on any atom is 0.203 e. The Morgan fingerprint density at radius 3 is 2.22 bits per heavy atom. The van der Waals surface area contributed by atoms with Gasteiger partial charge < -0.3 is 24.7 Å². The maximum absolute atomic E-state index is 6.33. The molecule has 0 fully saturated rings. The Bertz CT molecular complexity index is 901. The van der Waals surface area contributed by atoms with Crippen LogP contribution in [0.15, 0.2) is 36.4 Å². The highest BCUT2D eigenvalue weighted by atomic mass is 16.5. The van der Waals surface area contributed by atoms with Crippen molar-refractivity contribution in [1.82, 2.24) is 15.2 Å². The number of nitrogens with one attached hydrogen (secondary N) is 1. The third-order valence-corrected chi connectivity index (χ3v) is 4.17. The lowest BCUT2D eigenvalue weighted by Gasteiger charge is -2.13. The van der Waals surface area contributed by atoms with Crippen molar-refractivity contribution in [3.05, 3.63) is 47.8 Å². The molecule has 8 heteroatoms. The topological polar surface area (TPSA) is 105 Å². The van der Waals surface area contributed by atoms with Crippen LogP contribution >= 0.6 is 0 Å². The van der Waals surface area contributed by atoms with Crippen LogP contribution in [0.5, 0.6) is 23.0 Å². The first-order valence-corrected chi connectivity index (χ1v) is 8.23. The van der Waals surface area contributed by atoms with Gasteiger partial charge in [0.1, 0.15) is 11.6 Å². The number of ether oxygens (including phenoxy) is 4. The second kappa shape index (κ2) is 7.96. The molecule has 142 valence electrons. The van der Waals surface area contributed by atoms with Crippen molar-refractivity contribution in [2.24, 2.45) is 5.73 Å². The number of rotatable bonds is 7. The average Bonchev–Trinajstić information content (AvgIpc) is 3.22. The van der Waals surface area contributed by atoms with Gasteiger partial charge in [0.05, 0.1) is 34.5 Å². The van der Waals surface area contributed by atoms with E-state index >= 15 is 0 Å². The van der Waals surface area contributed by atoms with Crippen LogP contribution in [0.3, 0.4) is 0 Å². The quantitative estimate of drug-likeness (QED) is 0.658. The summed E-state index contributed by atoms with van der Waals surface area (Å²) in [6.45, 7) is 0. The lowest BCUT2D eigenvalue weighted by atomic mass is 10.1. The van der Waals surface area contributed by atoms with Gasteiger partial charge in [0.2, 0.25) is 5.75 Å². The molecule has 1 atom stereocenters. The van der Waals surface area contributed by atoms with E-state index in [-0.39, 0.29) is 0 Å². The summed E-state index contributed by atoms with van der Waals surface area (Å²) in [6, 6.07) is 10.6. The van der Waals surface area contributed by atoms with E-state index in [9.17, 15) is 0 Å². The Kier molecular flexibility index (Phi) is 5.46. The zero-order valence-electron chi connectivity index (χ0n) is 15.6. The molecular formula is C19H22N4O4. The minimum atomic E-state index is -0.469. The highest BCUT2D eigenvalue weighted by Crippen LogP contribution is 2.40. The average molecular weight is 370 g/mol. The van der Waals surface area contributed by atoms with E-state index in [1.165, 1.54) is 0 Å². The van der Waals surface area contributed by atoms with Gasteiger partial charge in [-0.25, -0.2) is 4.98 Å². The molecule has 0 radical (unpaired) electrons. The van der Waals surface area contributed by atoms with Crippen LogP contribution in [0.25, 0.3) is 11.4 Å². The first-order valence-electron chi connectivity index (χ1n) is 8.23. The summed E-state index contributed by atoms with van der Waals surface area (Å²) >= 11 is 0. The van der Waals surface area contributed by atoms with Gasteiger partial charge in [-0.05, 0) is 29.8 Å². The number of hydrogen-bond acceptors (Lipinski definition) is 7. The van der Waals surface area contributed by atoms with Crippen LogP contribution in [0.1, 0.15) is 17.4 Å². The zero-order chi connectivity index (χ0) is 19.4. The molecule has 0 spiro atoms. The number of nitrogens with two attached hydrogens (primary N) is 1. The SMILES string of the molecule is COc1cccc([C@H](N)c2nc(-c3cc(OC)c(OC)c(OC)c3)n[nH]2)c1. The Hall–Kier alpha value is -3.26. The van der Waals surface area contributed by atoms with Crippen molar-refractivity contribution in [2.45, 2.75) is 6.04 Å². The summed E-state index contributed by atoms with van der Waals surface area (Å²) in [6.07, 6.45) is 0. The molecule has 0 saturated heterocycles. The highest BCUT2D eigenvalue weighted by Gasteiger charge is 2.19. The smallest absolute Gasteiger partial charge is 0.203 e. The third kappa shape index (κ3) is 3.65. The fraction of sp³-hybridized carbons (Fsp3) is 0.263. The van der Waals surface area contributed by atoms with Gasteiger partial charge in [0.25, 0.3) is 0 Å². The molecule has 0 saturated carbocycles. The zero-order valence-corrected chi connectivity index (χ0v) is 15.6. The lowest BCUT2D eigenvalue weighted by Crippen LogP contribution is -2.13. The molecule has 3 rings (SSSR count). The second-order valence-electron chi connectivity index (χ2n) is 5.71. The van der Waals surface area contributed by atoms with Gasteiger partial charge in [-0.2, -0.15) is 5.10 Å². The van der Waals surface area contributed by atoms with Crippen LogP contribution in [-0.4, -0.2) is 43.6 Å². The number of nitrogens with zero attached hydrogens (tertiary/aromatic N) is 2. The summed E-state index contributed by atoms with van der Waals surface area (Å²) in [7, 11) is 6.28. The van der Waals surface area contributed by atoms with Crippen molar-refractivity contribution < 1.29 is 18.9 Å². The fourth-order valence-electron chi connectivity index (χ4n) is 2.75. The monoisotopic (exact) mass is 370 g/mol. The van der Waals surface area contributed by atoms with Crippen molar-refractivity contribution in [3.63, 3.8) is 0 Å². The van der Waals surface area contributed by atoms with E-state index in [4.69, 9.17) is 24.7 Å². The molecule has 3 aromatic rings. The summed E-state index contributed by atoms with van der Waals surface area (Å²) in [4.78, 5) is 4.53. The van der Waals surface area contributed by atoms with Gasteiger partial charge in [0.15, 0.2) is 17.3 Å². The Morgan fingerprint density at radius 1 is 0.926 bits per heavy atom. The molecule has 0 amide bonds. The number of hydrogen-bond donors (Lipinski definition) is 2. The van der Waals surface area contributed by atoms with Gasteiger partial charge in [0, 0.05) is 5.56 Å². The minimum Gasteiger partial charge on any atom is -0.497 e. The third-order valence-electron chi connectivity index (χ3n) is 4.17. The van der Waals surface area contributed by atoms with E-state index in [1.807, 2.05) is 24.3 Å². The molecule has 8 nitrogen and oxygen atoms in total. The van der Waals surface area contributed by atoms with E-state index in [0.29, 0.717) is 34.5 Å². The molecule has 3 N–H and O–H groups in total. The minimum absolute atomic E-state index is 0.469. The van der Waals surface area contributed by atoms with E-state index in [1.54, 1.807) is 40.6 Å². The van der Waals surface area contributed by atoms with Crippen molar-refractivity contribution in [2.75, 3.05) is 28.4 Å². The summed E-state index contributed by atoms with van der Waals surface area (Å²) in [5.41, 5.74) is 7.91.